The maximum absolute atomic E-state index is 12.9. The average molecular weight is 404 g/mol. The van der Waals surface area contributed by atoms with Crippen molar-refractivity contribution in [3.05, 3.63) is 65.5 Å². The number of carbonyl (C=O) groups excluding carboxylic acids is 2. The second-order valence-electron chi connectivity index (χ2n) is 7.53. The Morgan fingerprint density at radius 1 is 1.17 bits per heavy atom. The summed E-state index contributed by atoms with van der Waals surface area (Å²) in [5, 5.41) is 4.29. The number of primary amides is 1. The Hall–Kier alpha value is -3.55. The van der Waals surface area contributed by atoms with Crippen LogP contribution in [0.5, 0.6) is 0 Å². The van der Waals surface area contributed by atoms with Crippen molar-refractivity contribution < 1.29 is 9.59 Å². The van der Waals surface area contributed by atoms with Crippen LogP contribution < -0.4 is 5.73 Å². The lowest BCUT2D eigenvalue weighted by Crippen LogP contribution is -2.34. The van der Waals surface area contributed by atoms with Crippen molar-refractivity contribution in [2.45, 2.75) is 39.3 Å². The van der Waals surface area contributed by atoms with Crippen molar-refractivity contribution in [1.29, 1.82) is 0 Å². The summed E-state index contributed by atoms with van der Waals surface area (Å²) in [5.74, 6) is 0.957. The highest BCUT2D eigenvalue weighted by atomic mass is 16.2. The average Bonchev–Trinajstić information content (AvgIpc) is 3.34. The van der Waals surface area contributed by atoms with Crippen LogP contribution in [0, 0.1) is 13.8 Å². The van der Waals surface area contributed by atoms with Crippen molar-refractivity contribution in [3.8, 4) is 11.1 Å². The SMILES string of the molecule is Cc1nc(C)n(CC(=O)N2CCCC2c2ccc(-c3cccc(C(N)=O)c3)cn2)n1. The molecule has 1 aliphatic heterocycles. The fourth-order valence-electron chi connectivity index (χ4n) is 3.93. The molecule has 8 nitrogen and oxygen atoms in total. The minimum Gasteiger partial charge on any atom is -0.366 e. The summed E-state index contributed by atoms with van der Waals surface area (Å²) in [5.41, 5.74) is 8.47. The van der Waals surface area contributed by atoms with Crippen LogP contribution in [0.2, 0.25) is 0 Å². The molecule has 0 spiro atoms. The fraction of sp³-hybridized carbons (Fsp3) is 0.318. The molecule has 8 heteroatoms. The van der Waals surface area contributed by atoms with E-state index in [2.05, 4.69) is 15.1 Å². The molecule has 2 aromatic heterocycles. The molecule has 0 aliphatic carbocycles. The highest BCUT2D eigenvalue weighted by Gasteiger charge is 2.31. The summed E-state index contributed by atoms with van der Waals surface area (Å²) < 4.78 is 1.65. The van der Waals surface area contributed by atoms with Gasteiger partial charge in [0.05, 0.1) is 11.7 Å². The summed E-state index contributed by atoms with van der Waals surface area (Å²) in [7, 11) is 0. The van der Waals surface area contributed by atoms with Gasteiger partial charge >= 0.3 is 0 Å². The molecule has 154 valence electrons. The number of aryl methyl sites for hydroxylation is 2. The first-order valence-corrected chi connectivity index (χ1v) is 9.96. The molecule has 30 heavy (non-hydrogen) atoms. The van der Waals surface area contributed by atoms with Gasteiger partial charge in [-0.05, 0) is 50.5 Å². The first-order valence-electron chi connectivity index (χ1n) is 9.96. The topological polar surface area (TPSA) is 107 Å². The number of rotatable bonds is 5. The molecule has 3 aromatic rings. The van der Waals surface area contributed by atoms with Crippen molar-refractivity contribution in [3.63, 3.8) is 0 Å². The van der Waals surface area contributed by atoms with Gasteiger partial charge in [0, 0.05) is 23.9 Å². The van der Waals surface area contributed by atoms with Gasteiger partial charge in [-0.15, -0.1) is 0 Å². The van der Waals surface area contributed by atoms with Crippen LogP contribution >= 0.6 is 0 Å². The van der Waals surface area contributed by atoms with Gasteiger partial charge in [0.15, 0.2) is 0 Å². The molecule has 3 heterocycles. The zero-order valence-electron chi connectivity index (χ0n) is 17.1. The predicted molar refractivity (Wildman–Crippen MR) is 111 cm³/mol. The van der Waals surface area contributed by atoms with Crippen molar-refractivity contribution in [2.75, 3.05) is 6.54 Å². The number of pyridine rings is 1. The molecule has 2 amide bonds. The molecule has 1 aliphatic rings. The van der Waals surface area contributed by atoms with Crippen LogP contribution in [0.3, 0.4) is 0 Å². The Morgan fingerprint density at radius 3 is 2.67 bits per heavy atom. The lowest BCUT2D eigenvalue weighted by molar-refractivity contribution is -0.133. The summed E-state index contributed by atoms with van der Waals surface area (Å²) >= 11 is 0. The van der Waals surface area contributed by atoms with E-state index in [1.54, 1.807) is 29.1 Å². The minimum atomic E-state index is -0.459. The largest absolute Gasteiger partial charge is 0.366 e. The minimum absolute atomic E-state index is 0.0190. The highest BCUT2D eigenvalue weighted by molar-refractivity contribution is 5.94. The van der Waals surface area contributed by atoms with Crippen LogP contribution in [0.25, 0.3) is 11.1 Å². The molecule has 1 atom stereocenters. The lowest BCUT2D eigenvalue weighted by Gasteiger charge is -2.24. The van der Waals surface area contributed by atoms with Crippen LogP contribution in [-0.4, -0.2) is 43.0 Å². The molecule has 1 aromatic carbocycles. The highest BCUT2D eigenvalue weighted by Crippen LogP contribution is 2.32. The van der Waals surface area contributed by atoms with Crippen molar-refractivity contribution in [1.82, 2.24) is 24.6 Å². The number of amides is 2. The first kappa shape index (κ1) is 19.8. The molecule has 1 saturated heterocycles. The standard InChI is InChI=1S/C22H24N6O2/c1-14-25-15(2)28(26-14)13-21(29)27-10-4-7-20(27)19-9-8-18(12-24-19)16-5-3-6-17(11-16)22(23)30/h3,5-6,8-9,11-12,20H,4,7,10,13H2,1-2H3,(H2,23,30). The third-order valence-corrected chi connectivity index (χ3v) is 5.43. The number of nitrogens with two attached hydrogens (primary N) is 1. The van der Waals surface area contributed by atoms with E-state index in [-0.39, 0.29) is 18.5 Å². The number of hydrogen-bond acceptors (Lipinski definition) is 5. The first-order chi connectivity index (χ1) is 14.4. The summed E-state index contributed by atoms with van der Waals surface area (Å²) in [4.78, 5) is 35.1. The van der Waals surface area contributed by atoms with E-state index in [9.17, 15) is 9.59 Å². The molecular formula is C22H24N6O2. The Labute approximate surface area is 174 Å². The van der Waals surface area contributed by atoms with E-state index in [0.717, 1.165) is 35.5 Å². The van der Waals surface area contributed by atoms with Gasteiger partial charge in [0.1, 0.15) is 18.2 Å². The number of carbonyl (C=O) groups is 2. The van der Waals surface area contributed by atoms with Crippen LogP contribution in [-0.2, 0) is 11.3 Å². The van der Waals surface area contributed by atoms with Gasteiger partial charge < -0.3 is 10.6 Å². The number of benzene rings is 1. The van der Waals surface area contributed by atoms with Crippen LogP contribution in [0.4, 0.5) is 0 Å². The molecule has 0 radical (unpaired) electrons. The van der Waals surface area contributed by atoms with Gasteiger partial charge in [-0.25, -0.2) is 9.67 Å². The maximum Gasteiger partial charge on any atom is 0.248 e. The number of likely N-dealkylation sites (tertiary alicyclic amines) is 1. The predicted octanol–water partition coefficient (Wildman–Crippen LogP) is 2.42. The summed E-state index contributed by atoms with van der Waals surface area (Å²) in [6, 6.07) is 11.0. The normalized spacial score (nSPS) is 16.1. The zero-order valence-corrected chi connectivity index (χ0v) is 17.1. The van der Waals surface area contributed by atoms with E-state index in [1.807, 2.05) is 36.9 Å². The summed E-state index contributed by atoms with van der Waals surface area (Å²) in [6.45, 7) is 4.56. The monoisotopic (exact) mass is 404 g/mol. The van der Waals surface area contributed by atoms with Crippen LogP contribution in [0.1, 0.15) is 46.6 Å². The number of hydrogen-bond donors (Lipinski definition) is 1. The quantitative estimate of drug-likeness (QED) is 0.703. The molecule has 1 unspecified atom stereocenters. The smallest absolute Gasteiger partial charge is 0.248 e. The fourth-order valence-corrected chi connectivity index (χ4v) is 3.93. The van der Waals surface area contributed by atoms with Crippen molar-refractivity contribution in [2.24, 2.45) is 5.73 Å². The molecular weight excluding hydrogens is 380 g/mol. The molecule has 0 saturated carbocycles. The van der Waals surface area contributed by atoms with Gasteiger partial charge in [-0.2, -0.15) is 5.10 Å². The second kappa shape index (κ2) is 8.06. The maximum atomic E-state index is 12.9. The van der Waals surface area contributed by atoms with Gasteiger partial charge in [-0.1, -0.05) is 18.2 Å². The molecule has 2 N–H and O–H groups in total. The van der Waals surface area contributed by atoms with E-state index in [0.29, 0.717) is 17.9 Å². The third kappa shape index (κ3) is 3.94. The third-order valence-electron chi connectivity index (χ3n) is 5.43. The van der Waals surface area contributed by atoms with Gasteiger partial charge in [0.25, 0.3) is 0 Å². The Balaban J connectivity index is 1.52. The number of nitrogens with zero attached hydrogens (tertiary/aromatic N) is 5. The Morgan fingerprint density at radius 2 is 2.00 bits per heavy atom. The second-order valence-corrected chi connectivity index (χ2v) is 7.53. The zero-order chi connectivity index (χ0) is 21.3. The summed E-state index contributed by atoms with van der Waals surface area (Å²) in [6.07, 6.45) is 3.60. The Bertz CT molecular complexity index is 1090. The Kier molecular flexibility index (Phi) is 5.31. The van der Waals surface area contributed by atoms with E-state index in [4.69, 9.17) is 5.73 Å². The molecule has 0 bridgehead atoms. The lowest BCUT2D eigenvalue weighted by atomic mass is 10.0. The van der Waals surface area contributed by atoms with Gasteiger partial charge in [0.2, 0.25) is 11.8 Å². The number of aromatic nitrogens is 4. The van der Waals surface area contributed by atoms with E-state index >= 15 is 0 Å². The molecule has 1 fully saturated rings. The van der Waals surface area contributed by atoms with Gasteiger partial charge in [-0.3, -0.25) is 14.6 Å². The van der Waals surface area contributed by atoms with Crippen LogP contribution in [0.15, 0.2) is 42.6 Å². The van der Waals surface area contributed by atoms with Crippen molar-refractivity contribution >= 4 is 11.8 Å². The van der Waals surface area contributed by atoms with E-state index in [1.165, 1.54) is 0 Å². The molecule has 4 rings (SSSR count). The van der Waals surface area contributed by atoms with E-state index < -0.39 is 5.91 Å².